The lowest BCUT2D eigenvalue weighted by Crippen LogP contribution is -2.05. The van der Waals surface area contributed by atoms with Gasteiger partial charge in [0.2, 0.25) is 0 Å². The van der Waals surface area contributed by atoms with Crippen molar-refractivity contribution in [3.8, 4) is 6.07 Å². The highest BCUT2D eigenvalue weighted by atomic mass is 16.5. The zero-order valence-corrected chi connectivity index (χ0v) is 9.78. The van der Waals surface area contributed by atoms with Crippen molar-refractivity contribution in [2.75, 3.05) is 0 Å². The Morgan fingerprint density at radius 3 is 2.33 bits per heavy atom. The van der Waals surface area contributed by atoms with Crippen molar-refractivity contribution in [3.05, 3.63) is 76.5 Å². The minimum Gasteiger partial charge on any atom is -0.624 e. The van der Waals surface area contributed by atoms with Gasteiger partial charge in [-0.2, -0.15) is 5.26 Å². The van der Waals surface area contributed by atoms with Crippen LogP contribution >= 0.6 is 0 Å². The van der Waals surface area contributed by atoms with Crippen LogP contribution in [0.4, 0.5) is 0 Å². The van der Waals surface area contributed by atoms with Crippen molar-refractivity contribution < 1.29 is 4.74 Å². The predicted molar refractivity (Wildman–Crippen MR) is 70.1 cm³/mol. The van der Waals surface area contributed by atoms with E-state index in [2.05, 4.69) is 0 Å². The highest BCUT2D eigenvalue weighted by molar-refractivity contribution is 5.75. The Morgan fingerprint density at radius 1 is 1.06 bits per heavy atom. The fourth-order valence-corrected chi connectivity index (χ4v) is 1.62. The molecule has 0 unspecified atom stereocenters. The number of hydrogen-bond donors (Lipinski definition) is 0. The number of benzene rings is 2. The second kappa shape index (κ2) is 5.65. The molecule has 2 aromatic carbocycles. The Hall–Kier alpha value is -2.60. The highest BCUT2D eigenvalue weighted by Gasteiger charge is 1.99. The quantitative estimate of drug-likeness (QED) is 0.356. The van der Waals surface area contributed by atoms with E-state index in [1.807, 2.05) is 36.4 Å². The molecule has 0 bridgehead atoms. The van der Waals surface area contributed by atoms with Crippen LogP contribution in [0.15, 0.2) is 54.6 Å². The molecule has 0 aliphatic carbocycles. The fourth-order valence-electron chi connectivity index (χ4n) is 1.62. The first kappa shape index (κ1) is 11.9. The van der Waals surface area contributed by atoms with Crippen molar-refractivity contribution in [1.29, 1.82) is 5.26 Å². The van der Waals surface area contributed by atoms with E-state index in [0.29, 0.717) is 12.1 Å². The molecule has 0 amide bonds. The van der Waals surface area contributed by atoms with E-state index >= 15 is 0 Å². The lowest BCUT2D eigenvalue weighted by Gasteiger charge is -2.03. The van der Waals surface area contributed by atoms with E-state index < -0.39 is 0 Å². The molecule has 2 aromatic rings. The highest BCUT2D eigenvalue weighted by Crippen LogP contribution is 2.03. The zero-order valence-electron chi connectivity index (χ0n) is 9.78. The molecule has 3 nitrogen and oxygen atoms in total. The summed E-state index contributed by atoms with van der Waals surface area (Å²) in [5.74, 6) is 0. The SMILES string of the molecule is N#Cc1ccc(/C=[N+](\[O-])Cc2ccccc2)cc1. The van der Waals surface area contributed by atoms with E-state index in [4.69, 9.17) is 5.26 Å². The molecule has 0 aliphatic rings. The average molecular weight is 236 g/mol. The lowest BCUT2D eigenvalue weighted by molar-refractivity contribution is -0.469. The monoisotopic (exact) mass is 236 g/mol. The summed E-state index contributed by atoms with van der Waals surface area (Å²) in [5, 5.41) is 20.4. The van der Waals surface area contributed by atoms with E-state index in [1.165, 1.54) is 6.21 Å². The Kier molecular flexibility index (Phi) is 3.72. The van der Waals surface area contributed by atoms with Crippen LogP contribution in [0.5, 0.6) is 0 Å². The third-order valence-corrected chi connectivity index (χ3v) is 2.51. The van der Waals surface area contributed by atoms with Crippen molar-refractivity contribution in [3.63, 3.8) is 0 Å². The smallest absolute Gasteiger partial charge is 0.182 e. The number of nitrogens with zero attached hydrogens (tertiary/aromatic N) is 2. The first-order chi connectivity index (χ1) is 8.78. The van der Waals surface area contributed by atoms with Crippen molar-refractivity contribution in [2.45, 2.75) is 6.54 Å². The molecule has 0 spiro atoms. The first-order valence-electron chi connectivity index (χ1n) is 5.60. The Morgan fingerprint density at radius 2 is 1.72 bits per heavy atom. The molecule has 3 heteroatoms. The average Bonchev–Trinajstić information content (AvgIpc) is 2.40. The number of nitriles is 1. The maximum atomic E-state index is 11.7. The Labute approximate surface area is 106 Å². The number of hydroxylamine groups is 1. The maximum Gasteiger partial charge on any atom is 0.182 e. The van der Waals surface area contributed by atoms with Gasteiger partial charge in [0, 0.05) is 11.1 Å². The molecule has 0 aromatic heterocycles. The molecule has 0 fully saturated rings. The van der Waals surface area contributed by atoms with Gasteiger partial charge in [0.25, 0.3) is 0 Å². The normalized spacial score (nSPS) is 10.9. The van der Waals surface area contributed by atoms with Gasteiger partial charge in [0.15, 0.2) is 12.8 Å². The van der Waals surface area contributed by atoms with Gasteiger partial charge >= 0.3 is 0 Å². The third kappa shape index (κ3) is 3.19. The number of hydrogen-bond acceptors (Lipinski definition) is 2. The van der Waals surface area contributed by atoms with Crippen LogP contribution in [0.2, 0.25) is 0 Å². The Balaban J connectivity index is 2.10. The summed E-state index contributed by atoms with van der Waals surface area (Å²) >= 11 is 0. The van der Waals surface area contributed by atoms with Gasteiger partial charge in [-0.15, -0.1) is 0 Å². The van der Waals surface area contributed by atoms with Crippen molar-refractivity contribution >= 4 is 6.21 Å². The van der Waals surface area contributed by atoms with Gasteiger partial charge < -0.3 is 5.21 Å². The van der Waals surface area contributed by atoms with Gasteiger partial charge in [0.05, 0.1) is 11.6 Å². The van der Waals surface area contributed by atoms with Gasteiger partial charge in [-0.25, -0.2) is 4.74 Å². The van der Waals surface area contributed by atoms with E-state index in [9.17, 15) is 5.21 Å². The van der Waals surface area contributed by atoms with Crippen LogP contribution in [0.3, 0.4) is 0 Å². The molecule has 88 valence electrons. The standard InChI is InChI=1S/C15H12N2O/c16-10-13-6-8-15(9-7-13)12-17(18)11-14-4-2-1-3-5-14/h1-9,12H,11H2/b17-12-. The second-order valence-electron chi connectivity index (χ2n) is 3.92. The summed E-state index contributed by atoms with van der Waals surface area (Å²) < 4.78 is 0.886. The second-order valence-corrected chi connectivity index (χ2v) is 3.92. The van der Waals surface area contributed by atoms with Gasteiger partial charge in [0.1, 0.15) is 0 Å². The summed E-state index contributed by atoms with van der Waals surface area (Å²) in [4.78, 5) is 0. The first-order valence-corrected chi connectivity index (χ1v) is 5.60. The lowest BCUT2D eigenvalue weighted by atomic mass is 10.1. The summed E-state index contributed by atoms with van der Waals surface area (Å²) in [6.45, 7) is 0.320. The molecular formula is C15H12N2O. The minimum absolute atomic E-state index is 0.320. The number of rotatable bonds is 3. The molecule has 2 rings (SSSR count). The van der Waals surface area contributed by atoms with E-state index in [-0.39, 0.29) is 0 Å². The molecule has 0 saturated heterocycles. The van der Waals surface area contributed by atoms with Crippen LogP contribution < -0.4 is 0 Å². The van der Waals surface area contributed by atoms with Crippen LogP contribution in [-0.4, -0.2) is 11.0 Å². The van der Waals surface area contributed by atoms with Crippen molar-refractivity contribution in [2.24, 2.45) is 0 Å². The largest absolute Gasteiger partial charge is 0.624 e. The van der Waals surface area contributed by atoms with Crippen LogP contribution in [0.25, 0.3) is 0 Å². The molecular weight excluding hydrogens is 224 g/mol. The van der Waals surface area contributed by atoms with Crippen molar-refractivity contribution in [1.82, 2.24) is 0 Å². The topological polar surface area (TPSA) is 49.9 Å². The Bertz CT molecular complexity index is 580. The van der Waals surface area contributed by atoms with E-state index in [0.717, 1.165) is 15.9 Å². The summed E-state index contributed by atoms with van der Waals surface area (Å²) in [5.41, 5.74) is 2.35. The molecule has 0 atom stereocenters. The summed E-state index contributed by atoms with van der Waals surface area (Å²) in [7, 11) is 0. The summed E-state index contributed by atoms with van der Waals surface area (Å²) in [6, 6.07) is 18.5. The molecule has 0 saturated carbocycles. The molecule has 18 heavy (non-hydrogen) atoms. The molecule has 0 aliphatic heterocycles. The fraction of sp³-hybridized carbons (Fsp3) is 0.0667. The van der Waals surface area contributed by atoms with Crippen LogP contribution in [0, 0.1) is 16.5 Å². The van der Waals surface area contributed by atoms with E-state index in [1.54, 1.807) is 24.3 Å². The van der Waals surface area contributed by atoms with Gasteiger partial charge in [-0.05, 0) is 24.3 Å². The maximum absolute atomic E-state index is 11.7. The summed E-state index contributed by atoms with van der Waals surface area (Å²) in [6.07, 6.45) is 1.52. The molecule has 0 N–H and O–H groups in total. The van der Waals surface area contributed by atoms with Gasteiger partial charge in [-0.3, -0.25) is 0 Å². The minimum atomic E-state index is 0.320. The van der Waals surface area contributed by atoms with Crippen LogP contribution in [0.1, 0.15) is 16.7 Å². The molecule has 0 radical (unpaired) electrons. The van der Waals surface area contributed by atoms with Crippen LogP contribution in [-0.2, 0) is 6.54 Å². The van der Waals surface area contributed by atoms with Gasteiger partial charge in [-0.1, -0.05) is 30.3 Å². The zero-order chi connectivity index (χ0) is 12.8. The predicted octanol–water partition coefficient (Wildman–Crippen LogP) is 2.69. The molecule has 0 heterocycles. The third-order valence-electron chi connectivity index (χ3n) is 2.51.